The number of amides is 1. The van der Waals surface area contributed by atoms with E-state index in [0.29, 0.717) is 17.7 Å². The van der Waals surface area contributed by atoms with Gasteiger partial charge in [0.2, 0.25) is 5.91 Å². The van der Waals surface area contributed by atoms with Crippen molar-refractivity contribution >= 4 is 17.7 Å². The molecule has 23 heavy (non-hydrogen) atoms. The Hall–Kier alpha value is -1.21. The van der Waals surface area contributed by atoms with Crippen LogP contribution < -0.4 is 5.32 Å². The standard InChI is InChI=1S/C16H22F3NO2S/c1-15(2,14(22)20-13(7-8-21)10-23-3)11-5-4-6-12(9-11)16(17,18)19/h4-6,9,13,21H,7-8,10H2,1-3H3,(H,20,22). The van der Waals surface area contributed by atoms with Crippen molar-refractivity contribution < 1.29 is 23.1 Å². The second kappa shape index (κ2) is 8.06. The second-order valence-corrected chi connectivity index (χ2v) is 6.75. The molecule has 1 atom stereocenters. The number of alkyl halides is 3. The molecule has 0 aliphatic rings. The van der Waals surface area contributed by atoms with Crippen LogP contribution in [-0.2, 0) is 16.4 Å². The third kappa shape index (κ3) is 5.42. The molecule has 0 aromatic heterocycles. The molecule has 0 aliphatic carbocycles. The molecule has 0 fully saturated rings. The van der Waals surface area contributed by atoms with E-state index in [0.717, 1.165) is 12.1 Å². The summed E-state index contributed by atoms with van der Waals surface area (Å²) in [5.41, 5.74) is -1.57. The first-order valence-electron chi connectivity index (χ1n) is 7.21. The lowest BCUT2D eigenvalue weighted by molar-refractivity contribution is -0.138. The Kier molecular flexibility index (Phi) is 6.95. The minimum atomic E-state index is -4.44. The first-order valence-corrected chi connectivity index (χ1v) is 8.60. The van der Waals surface area contributed by atoms with Crippen LogP contribution in [0, 0.1) is 0 Å². The molecule has 1 amide bonds. The Morgan fingerprint density at radius 1 is 1.30 bits per heavy atom. The van der Waals surface area contributed by atoms with Crippen LogP contribution in [0.15, 0.2) is 24.3 Å². The summed E-state index contributed by atoms with van der Waals surface area (Å²) in [6.45, 7) is 3.12. The first-order chi connectivity index (χ1) is 10.6. The van der Waals surface area contributed by atoms with Crippen LogP contribution in [0.2, 0.25) is 0 Å². The van der Waals surface area contributed by atoms with E-state index < -0.39 is 17.2 Å². The fraction of sp³-hybridized carbons (Fsp3) is 0.562. The van der Waals surface area contributed by atoms with E-state index >= 15 is 0 Å². The van der Waals surface area contributed by atoms with Crippen LogP contribution in [-0.4, -0.2) is 35.7 Å². The first kappa shape index (κ1) is 19.8. The lowest BCUT2D eigenvalue weighted by Gasteiger charge is -2.28. The second-order valence-electron chi connectivity index (χ2n) is 5.84. The summed E-state index contributed by atoms with van der Waals surface area (Å²) >= 11 is 1.53. The van der Waals surface area contributed by atoms with Crippen molar-refractivity contribution in [2.24, 2.45) is 0 Å². The predicted octanol–water partition coefficient (Wildman–Crippen LogP) is 3.21. The van der Waals surface area contributed by atoms with E-state index in [9.17, 15) is 18.0 Å². The van der Waals surface area contributed by atoms with Crippen LogP contribution in [0.5, 0.6) is 0 Å². The molecular weight excluding hydrogens is 327 g/mol. The number of hydrogen-bond donors (Lipinski definition) is 2. The zero-order chi connectivity index (χ0) is 17.7. The number of aliphatic hydroxyl groups excluding tert-OH is 1. The lowest BCUT2D eigenvalue weighted by Crippen LogP contribution is -2.46. The van der Waals surface area contributed by atoms with Crippen molar-refractivity contribution in [3.63, 3.8) is 0 Å². The fourth-order valence-corrected chi connectivity index (χ4v) is 2.79. The van der Waals surface area contributed by atoms with Gasteiger partial charge in [-0.05, 0) is 38.2 Å². The van der Waals surface area contributed by atoms with E-state index in [1.807, 2.05) is 6.26 Å². The number of rotatable bonds is 7. The summed E-state index contributed by atoms with van der Waals surface area (Å²) in [5, 5.41) is 11.9. The minimum absolute atomic E-state index is 0.0600. The molecule has 1 aromatic carbocycles. The smallest absolute Gasteiger partial charge is 0.396 e. The summed E-state index contributed by atoms with van der Waals surface area (Å²) in [7, 11) is 0. The van der Waals surface area contributed by atoms with Gasteiger partial charge < -0.3 is 10.4 Å². The number of halogens is 3. The molecule has 0 bridgehead atoms. The van der Waals surface area contributed by atoms with Gasteiger partial charge in [0.05, 0.1) is 11.0 Å². The molecule has 0 saturated heterocycles. The lowest BCUT2D eigenvalue weighted by atomic mass is 9.82. The Labute approximate surface area is 138 Å². The van der Waals surface area contributed by atoms with Crippen molar-refractivity contribution in [2.45, 2.75) is 37.9 Å². The summed E-state index contributed by atoms with van der Waals surface area (Å²) in [6.07, 6.45) is -2.15. The van der Waals surface area contributed by atoms with Crippen LogP contribution in [0.1, 0.15) is 31.4 Å². The van der Waals surface area contributed by atoms with Crippen LogP contribution in [0.3, 0.4) is 0 Å². The molecule has 2 N–H and O–H groups in total. The quantitative estimate of drug-likeness (QED) is 0.795. The van der Waals surface area contributed by atoms with Crippen molar-refractivity contribution in [3.8, 4) is 0 Å². The Bertz CT molecular complexity index is 526. The molecule has 0 aliphatic heterocycles. The van der Waals surface area contributed by atoms with Gasteiger partial charge in [-0.2, -0.15) is 24.9 Å². The maximum Gasteiger partial charge on any atom is 0.416 e. The van der Waals surface area contributed by atoms with Crippen LogP contribution in [0.25, 0.3) is 0 Å². The number of carbonyl (C=O) groups excluding carboxylic acids is 1. The summed E-state index contributed by atoms with van der Waals surface area (Å²) in [5.74, 6) is 0.273. The molecule has 7 heteroatoms. The highest BCUT2D eigenvalue weighted by molar-refractivity contribution is 7.98. The summed E-state index contributed by atoms with van der Waals surface area (Å²) < 4.78 is 38.5. The number of carbonyl (C=O) groups is 1. The predicted molar refractivity (Wildman–Crippen MR) is 86.5 cm³/mol. The highest BCUT2D eigenvalue weighted by Gasteiger charge is 2.35. The largest absolute Gasteiger partial charge is 0.416 e. The SMILES string of the molecule is CSCC(CCO)NC(=O)C(C)(C)c1cccc(C(F)(F)F)c1. The third-order valence-corrected chi connectivity index (χ3v) is 4.40. The Morgan fingerprint density at radius 3 is 2.43 bits per heavy atom. The number of nitrogens with one attached hydrogen (secondary N) is 1. The molecule has 0 radical (unpaired) electrons. The monoisotopic (exact) mass is 349 g/mol. The van der Waals surface area contributed by atoms with Gasteiger partial charge in [0.1, 0.15) is 0 Å². The van der Waals surface area contributed by atoms with Crippen molar-refractivity contribution in [2.75, 3.05) is 18.6 Å². The molecule has 1 unspecified atom stereocenters. The van der Waals surface area contributed by atoms with Crippen molar-refractivity contribution in [1.82, 2.24) is 5.32 Å². The average molecular weight is 349 g/mol. The van der Waals surface area contributed by atoms with Gasteiger partial charge in [0, 0.05) is 18.4 Å². The number of benzene rings is 1. The molecule has 0 spiro atoms. The number of hydrogen-bond acceptors (Lipinski definition) is 3. The van der Waals surface area contributed by atoms with E-state index in [1.54, 1.807) is 13.8 Å². The van der Waals surface area contributed by atoms with E-state index in [2.05, 4.69) is 5.32 Å². The summed E-state index contributed by atoms with van der Waals surface area (Å²) in [4.78, 5) is 12.5. The Morgan fingerprint density at radius 2 is 1.91 bits per heavy atom. The van der Waals surface area contributed by atoms with Gasteiger partial charge in [-0.3, -0.25) is 4.79 Å². The number of thioether (sulfide) groups is 1. The minimum Gasteiger partial charge on any atom is -0.396 e. The van der Waals surface area contributed by atoms with E-state index in [1.165, 1.54) is 23.9 Å². The van der Waals surface area contributed by atoms with E-state index in [-0.39, 0.29) is 18.6 Å². The van der Waals surface area contributed by atoms with Gasteiger partial charge in [-0.25, -0.2) is 0 Å². The highest BCUT2D eigenvalue weighted by atomic mass is 32.2. The average Bonchev–Trinajstić information content (AvgIpc) is 2.47. The number of aliphatic hydroxyl groups is 1. The van der Waals surface area contributed by atoms with Gasteiger partial charge in [-0.1, -0.05) is 18.2 Å². The molecule has 0 saturated carbocycles. The molecule has 1 rings (SSSR count). The van der Waals surface area contributed by atoms with Gasteiger partial charge in [-0.15, -0.1) is 0 Å². The zero-order valence-electron chi connectivity index (χ0n) is 13.4. The Balaban J connectivity index is 2.98. The van der Waals surface area contributed by atoms with Crippen LogP contribution in [0.4, 0.5) is 13.2 Å². The van der Waals surface area contributed by atoms with Crippen molar-refractivity contribution in [1.29, 1.82) is 0 Å². The molecule has 0 heterocycles. The fourth-order valence-electron chi connectivity index (χ4n) is 2.14. The van der Waals surface area contributed by atoms with Crippen molar-refractivity contribution in [3.05, 3.63) is 35.4 Å². The molecule has 130 valence electrons. The van der Waals surface area contributed by atoms with Crippen LogP contribution >= 0.6 is 11.8 Å². The summed E-state index contributed by atoms with van der Waals surface area (Å²) in [6, 6.07) is 4.60. The highest BCUT2D eigenvalue weighted by Crippen LogP contribution is 2.33. The van der Waals surface area contributed by atoms with Gasteiger partial charge in [0.15, 0.2) is 0 Å². The van der Waals surface area contributed by atoms with Gasteiger partial charge >= 0.3 is 6.18 Å². The maximum absolute atomic E-state index is 12.8. The zero-order valence-corrected chi connectivity index (χ0v) is 14.2. The molecule has 1 aromatic rings. The maximum atomic E-state index is 12.8. The molecule has 3 nitrogen and oxygen atoms in total. The van der Waals surface area contributed by atoms with E-state index in [4.69, 9.17) is 5.11 Å². The molecular formula is C16H22F3NO2S. The normalized spacial score (nSPS) is 13.7. The van der Waals surface area contributed by atoms with Gasteiger partial charge in [0.25, 0.3) is 0 Å². The third-order valence-electron chi connectivity index (χ3n) is 3.66. The topological polar surface area (TPSA) is 49.3 Å².